The van der Waals surface area contributed by atoms with E-state index in [0.717, 1.165) is 0 Å². The number of anilines is 1. The third-order valence-electron chi connectivity index (χ3n) is 2.61. The monoisotopic (exact) mass is 274 g/mol. The number of aromatic nitrogens is 3. The van der Waals surface area contributed by atoms with E-state index < -0.39 is 11.9 Å². The number of benzene rings is 1. The highest BCUT2D eigenvalue weighted by molar-refractivity contribution is 6.07. The first kappa shape index (κ1) is 13.7. The van der Waals surface area contributed by atoms with Crippen molar-refractivity contribution in [3.63, 3.8) is 0 Å². The van der Waals surface area contributed by atoms with E-state index in [1.54, 1.807) is 38.1 Å². The molecule has 104 valence electrons. The van der Waals surface area contributed by atoms with Crippen molar-refractivity contribution in [2.45, 2.75) is 13.8 Å². The number of nitrogens with zero attached hydrogens (tertiary/aromatic N) is 2. The Kier molecular flexibility index (Phi) is 4.09. The van der Waals surface area contributed by atoms with Gasteiger partial charge in [0.25, 0.3) is 5.91 Å². The fourth-order valence-electron chi connectivity index (χ4n) is 1.66. The predicted octanol–water partition coefficient (Wildman–Crippen LogP) is 1.54. The van der Waals surface area contributed by atoms with Crippen LogP contribution < -0.4 is 5.32 Å². The number of para-hydroxylation sites is 1. The van der Waals surface area contributed by atoms with Gasteiger partial charge in [-0.2, -0.15) is 15.4 Å². The molecular formula is C13H14N4O3. The van der Waals surface area contributed by atoms with Crippen LogP contribution in [0.3, 0.4) is 0 Å². The minimum Gasteiger partial charge on any atom is -0.462 e. The van der Waals surface area contributed by atoms with Gasteiger partial charge in [0.15, 0.2) is 5.69 Å². The lowest BCUT2D eigenvalue weighted by Gasteiger charge is -2.09. The molecule has 1 heterocycles. The Labute approximate surface area is 115 Å². The molecular weight excluding hydrogens is 260 g/mol. The number of amides is 1. The zero-order chi connectivity index (χ0) is 14.5. The van der Waals surface area contributed by atoms with Crippen molar-refractivity contribution >= 4 is 17.6 Å². The Morgan fingerprint density at radius 2 is 2.05 bits per heavy atom. The molecule has 0 spiro atoms. The fourth-order valence-corrected chi connectivity index (χ4v) is 1.66. The number of hydrogen-bond acceptors (Lipinski definition) is 5. The minimum absolute atomic E-state index is 0.184. The summed E-state index contributed by atoms with van der Waals surface area (Å²) in [6, 6.07) is 6.63. The van der Waals surface area contributed by atoms with E-state index in [4.69, 9.17) is 4.74 Å². The largest absolute Gasteiger partial charge is 0.462 e. The first-order chi connectivity index (χ1) is 9.63. The van der Waals surface area contributed by atoms with Crippen LogP contribution in [0, 0.1) is 6.92 Å². The molecule has 1 aromatic carbocycles. The van der Waals surface area contributed by atoms with E-state index >= 15 is 0 Å². The van der Waals surface area contributed by atoms with Gasteiger partial charge in [-0.25, -0.2) is 4.79 Å². The lowest BCUT2D eigenvalue weighted by atomic mass is 10.1. The molecule has 20 heavy (non-hydrogen) atoms. The van der Waals surface area contributed by atoms with Crippen molar-refractivity contribution in [2.75, 3.05) is 11.9 Å². The van der Waals surface area contributed by atoms with Crippen molar-refractivity contribution in [3.05, 3.63) is 41.2 Å². The second kappa shape index (κ2) is 5.96. The van der Waals surface area contributed by atoms with Crippen molar-refractivity contribution < 1.29 is 14.3 Å². The Morgan fingerprint density at radius 3 is 2.70 bits per heavy atom. The van der Waals surface area contributed by atoms with E-state index in [0.29, 0.717) is 16.9 Å². The molecule has 0 aliphatic heterocycles. The van der Waals surface area contributed by atoms with Crippen LogP contribution in [0.25, 0.3) is 0 Å². The molecule has 0 atom stereocenters. The SMILES string of the molecule is CCOC(=O)c1ccccc1NC(=O)c1n[nH]nc1C. The van der Waals surface area contributed by atoms with Crippen LogP contribution in [0.2, 0.25) is 0 Å². The topological polar surface area (TPSA) is 97.0 Å². The summed E-state index contributed by atoms with van der Waals surface area (Å²) in [6.45, 7) is 3.65. The summed E-state index contributed by atoms with van der Waals surface area (Å²) < 4.78 is 4.94. The maximum absolute atomic E-state index is 12.0. The van der Waals surface area contributed by atoms with Gasteiger partial charge in [-0.05, 0) is 26.0 Å². The van der Waals surface area contributed by atoms with Gasteiger partial charge in [0, 0.05) is 0 Å². The molecule has 7 heteroatoms. The molecule has 2 rings (SSSR count). The van der Waals surface area contributed by atoms with Crippen LogP contribution in [0.1, 0.15) is 33.5 Å². The maximum Gasteiger partial charge on any atom is 0.340 e. The molecule has 0 saturated heterocycles. The molecule has 2 N–H and O–H groups in total. The number of esters is 1. The standard InChI is InChI=1S/C13H14N4O3/c1-3-20-13(19)9-6-4-5-7-10(9)14-12(18)11-8(2)15-17-16-11/h4-7H,3H2,1-2H3,(H,14,18)(H,15,16,17). The number of ether oxygens (including phenoxy) is 1. The number of nitrogens with one attached hydrogen (secondary N) is 2. The summed E-state index contributed by atoms with van der Waals surface area (Å²) in [4.78, 5) is 23.8. The first-order valence-electron chi connectivity index (χ1n) is 6.08. The Bertz CT molecular complexity index is 636. The zero-order valence-electron chi connectivity index (χ0n) is 11.1. The highest BCUT2D eigenvalue weighted by Gasteiger charge is 2.17. The number of H-pyrrole nitrogens is 1. The third-order valence-corrected chi connectivity index (χ3v) is 2.61. The fraction of sp³-hybridized carbons (Fsp3) is 0.231. The lowest BCUT2D eigenvalue weighted by Crippen LogP contribution is -2.17. The summed E-state index contributed by atoms with van der Waals surface area (Å²) in [5.41, 5.74) is 1.34. The van der Waals surface area contributed by atoms with Crippen LogP contribution in [0.4, 0.5) is 5.69 Å². The van der Waals surface area contributed by atoms with Crippen LogP contribution in [-0.4, -0.2) is 33.9 Å². The Hall–Kier alpha value is -2.70. The van der Waals surface area contributed by atoms with E-state index in [9.17, 15) is 9.59 Å². The van der Waals surface area contributed by atoms with E-state index in [-0.39, 0.29) is 12.3 Å². The molecule has 2 aromatic rings. The molecule has 0 bridgehead atoms. The van der Waals surface area contributed by atoms with Gasteiger partial charge in [-0.3, -0.25) is 4.79 Å². The summed E-state index contributed by atoms with van der Waals surface area (Å²) in [5, 5.41) is 12.5. The van der Waals surface area contributed by atoms with Gasteiger partial charge in [0.2, 0.25) is 0 Å². The molecule has 1 aromatic heterocycles. The van der Waals surface area contributed by atoms with Crippen molar-refractivity contribution in [1.29, 1.82) is 0 Å². The second-order valence-electron chi connectivity index (χ2n) is 3.98. The summed E-state index contributed by atoms with van der Waals surface area (Å²) in [6.07, 6.45) is 0. The number of carbonyl (C=O) groups excluding carboxylic acids is 2. The van der Waals surface area contributed by atoms with Crippen molar-refractivity contribution in [1.82, 2.24) is 15.4 Å². The van der Waals surface area contributed by atoms with Crippen LogP contribution in [-0.2, 0) is 4.74 Å². The first-order valence-corrected chi connectivity index (χ1v) is 6.08. The van der Waals surface area contributed by atoms with Gasteiger partial charge in [-0.1, -0.05) is 12.1 Å². The van der Waals surface area contributed by atoms with Gasteiger partial charge >= 0.3 is 5.97 Å². The predicted molar refractivity (Wildman–Crippen MR) is 71.5 cm³/mol. The zero-order valence-corrected chi connectivity index (χ0v) is 11.1. The highest BCUT2D eigenvalue weighted by Crippen LogP contribution is 2.17. The average Bonchev–Trinajstić information content (AvgIpc) is 2.86. The molecule has 0 aliphatic carbocycles. The summed E-state index contributed by atoms with van der Waals surface area (Å²) >= 11 is 0. The summed E-state index contributed by atoms with van der Waals surface area (Å²) in [7, 11) is 0. The van der Waals surface area contributed by atoms with Gasteiger partial charge in [0.1, 0.15) is 0 Å². The number of carbonyl (C=O) groups is 2. The molecule has 0 radical (unpaired) electrons. The van der Waals surface area contributed by atoms with Crippen LogP contribution in [0.15, 0.2) is 24.3 Å². The van der Waals surface area contributed by atoms with E-state index in [2.05, 4.69) is 20.7 Å². The molecule has 1 amide bonds. The van der Waals surface area contributed by atoms with Crippen LogP contribution >= 0.6 is 0 Å². The number of aryl methyl sites for hydroxylation is 1. The van der Waals surface area contributed by atoms with Crippen molar-refractivity contribution in [3.8, 4) is 0 Å². The Morgan fingerprint density at radius 1 is 1.30 bits per heavy atom. The molecule has 0 saturated carbocycles. The molecule has 7 nitrogen and oxygen atoms in total. The van der Waals surface area contributed by atoms with E-state index in [1.165, 1.54) is 0 Å². The molecule has 0 unspecified atom stereocenters. The normalized spacial score (nSPS) is 10.1. The number of aromatic amines is 1. The van der Waals surface area contributed by atoms with Gasteiger partial charge in [0.05, 0.1) is 23.6 Å². The average molecular weight is 274 g/mol. The third kappa shape index (κ3) is 2.82. The Balaban J connectivity index is 2.24. The molecule has 0 aliphatic rings. The van der Waals surface area contributed by atoms with Gasteiger partial charge < -0.3 is 10.1 Å². The van der Waals surface area contributed by atoms with Crippen molar-refractivity contribution in [2.24, 2.45) is 0 Å². The highest BCUT2D eigenvalue weighted by atomic mass is 16.5. The quantitative estimate of drug-likeness (QED) is 0.824. The maximum atomic E-state index is 12.0. The van der Waals surface area contributed by atoms with E-state index in [1.807, 2.05) is 0 Å². The minimum atomic E-state index is -0.486. The second-order valence-corrected chi connectivity index (χ2v) is 3.98. The number of hydrogen-bond donors (Lipinski definition) is 2. The van der Waals surface area contributed by atoms with Gasteiger partial charge in [-0.15, -0.1) is 0 Å². The van der Waals surface area contributed by atoms with Crippen LogP contribution in [0.5, 0.6) is 0 Å². The lowest BCUT2D eigenvalue weighted by molar-refractivity contribution is 0.0527. The molecule has 0 fully saturated rings. The summed E-state index contributed by atoms with van der Waals surface area (Å²) in [5.74, 6) is -0.923. The smallest absolute Gasteiger partial charge is 0.340 e. The number of rotatable bonds is 4.